The number of nitrogens with one attached hydrogen (secondary N) is 1. The normalized spacial score (nSPS) is 13.5. The van der Waals surface area contributed by atoms with E-state index in [4.69, 9.17) is 32.5 Å². The molecule has 0 bridgehead atoms. The average molecular weight is 460 g/mol. The molecule has 1 saturated heterocycles. The highest BCUT2D eigenvalue weighted by atomic mass is 35.5. The molecule has 1 N–H and O–H groups in total. The fraction of sp³-hybridized carbons (Fsp3) is 0.227. The molecule has 9 heteroatoms. The van der Waals surface area contributed by atoms with Crippen molar-refractivity contribution < 1.29 is 18.8 Å². The lowest BCUT2D eigenvalue weighted by molar-refractivity contribution is -0.117. The van der Waals surface area contributed by atoms with Crippen LogP contribution in [0.3, 0.4) is 0 Å². The topological polar surface area (TPSA) is 84.7 Å². The molecular formula is C22H19Cl2N3O4. The fourth-order valence-corrected chi connectivity index (χ4v) is 4.19. The number of amides is 2. The summed E-state index contributed by atoms with van der Waals surface area (Å²) in [7, 11) is 1.54. The second kappa shape index (κ2) is 8.61. The number of methoxy groups -OCH3 is 1. The first kappa shape index (κ1) is 21.2. The Bertz CT molecular complexity index is 1160. The number of hydrogen-bond acceptors (Lipinski definition) is 5. The summed E-state index contributed by atoms with van der Waals surface area (Å²) < 4.78 is 10.7. The molecule has 0 unspecified atom stereocenters. The lowest BCUT2D eigenvalue weighted by atomic mass is 10.1. The number of aromatic nitrogens is 1. The van der Waals surface area contributed by atoms with Gasteiger partial charge in [0.2, 0.25) is 5.91 Å². The highest BCUT2D eigenvalue weighted by Crippen LogP contribution is 2.38. The first-order valence-corrected chi connectivity index (χ1v) is 10.4. The van der Waals surface area contributed by atoms with Gasteiger partial charge in [-0.2, -0.15) is 0 Å². The maximum absolute atomic E-state index is 13.2. The predicted molar refractivity (Wildman–Crippen MR) is 119 cm³/mol. The molecule has 1 aliphatic heterocycles. The van der Waals surface area contributed by atoms with Gasteiger partial charge in [0.15, 0.2) is 0 Å². The van der Waals surface area contributed by atoms with Gasteiger partial charge in [0.1, 0.15) is 22.8 Å². The summed E-state index contributed by atoms with van der Waals surface area (Å²) in [5, 5.41) is 7.57. The van der Waals surface area contributed by atoms with E-state index in [9.17, 15) is 9.59 Å². The Balaban J connectivity index is 1.69. The largest absolute Gasteiger partial charge is 0.495 e. The maximum Gasteiger partial charge on any atom is 0.261 e. The van der Waals surface area contributed by atoms with Gasteiger partial charge < -0.3 is 19.5 Å². The fourth-order valence-electron chi connectivity index (χ4n) is 3.61. The molecule has 2 aromatic carbocycles. The molecule has 7 nitrogen and oxygen atoms in total. The molecule has 1 aromatic heterocycles. The first-order valence-electron chi connectivity index (χ1n) is 9.61. The molecule has 1 fully saturated rings. The third-order valence-electron chi connectivity index (χ3n) is 5.09. The highest BCUT2D eigenvalue weighted by molar-refractivity contribution is 6.39. The van der Waals surface area contributed by atoms with Crippen molar-refractivity contribution in [3.63, 3.8) is 0 Å². The van der Waals surface area contributed by atoms with Crippen LogP contribution in [0.2, 0.25) is 10.0 Å². The van der Waals surface area contributed by atoms with Crippen molar-refractivity contribution in [2.24, 2.45) is 0 Å². The van der Waals surface area contributed by atoms with Crippen LogP contribution >= 0.6 is 23.2 Å². The molecule has 0 spiro atoms. The van der Waals surface area contributed by atoms with Crippen molar-refractivity contribution in [1.82, 2.24) is 5.16 Å². The molecule has 0 radical (unpaired) electrons. The highest BCUT2D eigenvalue weighted by Gasteiger charge is 2.27. The number of nitrogens with zero attached hydrogens (tertiary/aromatic N) is 2. The van der Waals surface area contributed by atoms with Gasteiger partial charge in [0, 0.05) is 24.2 Å². The first-order chi connectivity index (χ1) is 14.9. The van der Waals surface area contributed by atoms with Crippen molar-refractivity contribution in [3.8, 4) is 17.0 Å². The molecule has 2 amide bonds. The average Bonchev–Trinajstić information content (AvgIpc) is 3.33. The number of carbonyl (C=O) groups excluding carboxylic acids is 2. The Morgan fingerprint density at radius 1 is 1.23 bits per heavy atom. The number of rotatable bonds is 5. The quantitative estimate of drug-likeness (QED) is 0.555. The van der Waals surface area contributed by atoms with Gasteiger partial charge in [0.05, 0.1) is 22.8 Å². The Morgan fingerprint density at radius 3 is 2.61 bits per heavy atom. The van der Waals surface area contributed by atoms with Gasteiger partial charge in [-0.05, 0) is 43.7 Å². The number of halogens is 2. The van der Waals surface area contributed by atoms with Crippen LogP contribution in [0.15, 0.2) is 40.9 Å². The van der Waals surface area contributed by atoms with E-state index < -0.39 is 5.91 Å². The van der Waals surface area contributed by atoms with Gasteiger partial charge in [-0.3, -0.25) is 9.59 Å². The van der Waals surface area contributed by atoms with Crippen molar-refractivity contribution in [2.75, 3.05) is 23.9 Å². The third kappa shape index (κ3) is 3.98. The Labute approximate surface area is 188 Å². The van der Waals surface area contributed by atoms with E-state index >= 15 is 0 Å². The van der Waals surface area contributed by atoms with E-state index in [0.717, 1.165) is 6.42 Å². The number of anilines is 2. The zero-order valence-electron chi connectivity index (χ0n) is 16.9. The van der Waals surface area contributed by atoms with Crippen molar-refractivity contribution in [2.45, 2.75) is 19.8 Å². The number of hydrogen-bond donors (Lipinski definition) is 1. The molecule has 1 aliphatic rings. The summed E-state index contributed by atoms with van der Waals surface area (Å²) in [4.78, 5) is 27.0. The molecule has 0 saturated carbocycles. The molecule has 2 heterocycles. The van der Waals surface area contributed by atoms with Crippen LogP contribution in [0.1, 0.15) is 29.0 Å². The van der Waals surface area contributed by atoms with Crippen LogP contribution in [0, 0.1) is 6.92 Å². The zero-order chi connectivity index (χ0) is 22.1. The Hall–Kier alpha value is -3.03. The summed E-state index contributed by atoms with van der Waals surface area (Å²) in [6.45, 7) is 2.24. The van der Waals surface area contributed by atoms with E-state index in [1.165, 1.54) is 7.11 Å². The second-order valence-electron chi connectivity index (χ2n) is 7.05. The van der Waals surface area contributed by atoms with Crippen LogP contribution in [-0.2, 0) is 4.79 Å². The minimum atomic E-state index is -0.436. The zero-order valence-corrected chi connectivity index (χ0v) is 18.4. The van der Waals surface area contributed by atoms with E-state index in [2.05, 4.69) is 10.5 Å². The minimum absolute atomic E-state index is 0.0207. The minimum Gasteiger partial charge on any atom is -0.495 e. The van der Waals surface area contributed by atoms with Crippen LogP contribution in [0.4, 0.5) is 11.4 Å². The molecule has 31 heavy (non-hydrogen) atoms. The number of benzene rings is 2. The van der Waals surface area contributed by atoms with Crippen molar-refractivity contribution in [3.05, 3.63) is 57.8 Å². The lowest BCUT2D eigenvalue weighted by Crippen LogP contribution is -2.24. The summed E-state index contributed by atoms with van der Waals surface area (Å²) in [6.07, 6.45) is 1.27. The molecular weight excluding hydrogens is 441 g/mol. The molecule has 0 aliphatic carbocycles. The summed E-state index contributed by atoms with van der Waals surface area (Å²) in [5.41, 5.74) is 2.01. The molecule has 4 rings (SSSR count). The summed E-state index contributed by atoms with van der Waals surface area (Å²) in [6, 6.07) is 10.2. The van der Waals surface area contributed by atoms with E-state index in [1.54, 1.807) is 48.2 Å². The monoisotopic (exact) mass is 459 g/mol. The smallest absolute Gasteiger partial charge is 0.261 e. The lowest BCUT2D eigenvalue weighted by Gasteiger charge is -2.20. The van der Waals surface area contributed by atoms with Gasteiger partial charge in [0.25, 0.3) is 5.91 Å². The van der Waals surface area contributed by atoms with Crippen LogP contribution < -0.4 is 15.0 Å². The van der Waals surface area contributed by atoms with Crippen LogP contribution in [-0.4, -0.2) is 30.6 Å². The van der Waals surface area contributed by atoms with Crippen LogP contribution in [0.25, 0.3) is 11.3 Å². The van der Waals surface area contributed by atoms with E-state index in [-0.39, 0.29) is 17.2 Å². The van der Waals surface area contributed by atoms with E-state index in [1.807, 2.05) is 0 Å². The van der Waals surface area contributed by atoms with Crippen LogP contribution in [0.5, 0.6) is 5.75 Å². The standard InChI is InChI=1S/C22H19Cl2N3O4/c1-12-19(21(26-31-12)20-14(23)5-3-6-15(20)24)22(29)25-13-8-9-17(30-2)16(11-13)27-10-4-7-18(27)28/h3,5-6,8-9,11H,4,7,10H2,1-2H3,(H,25,29). The Kier molecular flexibility index (Phi) is 5.89. The number of aryl methyl sites for hydroxylation is 1. The van der Waals surface area contributed by atoms with Gasteiger partial charge in [-0.15, -0.1) is 0 Å². The van der Waals surface area contributed by atoms with Gasteiger partial charge >= 0.3 is 0 Å². The number of carbonyl (C=O) groups is 2. The van der Waals surface area contributed by atoms with Gasteiger partial charge in [-0.1, -0.05) is 34.4 Å². The summed E-state index contributed by atoms with van der Waals surface area (Å²) in [5.74, 6) is 0.464. The SMILES string of the molecule is COc1ccc(NC(=O)c2c(-c3c(Cl)cccc3Cl)noc2C)cc1N1CCCC1=O. The van der Waals surface area contributed by atoms with Crippen molar-refractivity contribution >= 4 is 46.4 Å². The summed E-state index contributed by atoms with van der Waals surface area (Å²) >= 11 is 12.6. The van der Waals surface area contributed by atoms with Crippen molar-refractivity contribution in [1.29, 1.82) is 0 Å². The Morgan fingerprint density at radius 2 is 1.97 bits per heavy atom. The maximum atomic E-state index is 13.2. The second-order valence-corrected chi connectivity index (χ2v) is 7.86. The molecule has 3 aromatic rings. The van der Waals surface area contributed by atoms with E-state index in [0.29, 0.717) is 51.5 Å². The number of ether oxygens (including phenoxy) is 1. The van der Waals surface area contributed by atoms with Gasteiger partial charge in [-0.25, -0.2) is 0 Å². The molecule has 160 valence electrons. The predicted octanol–water partition coefficient (Wildman–Crippen LogP) is 5.34. The molecule has 0 atom stereocenters. The third-order valence-corrected chi connectivity index (χ3v) is 5.72.